The maximum Gasteiger partial charge on any atom is 0.134 e. The number of benzene rings is 2. The number of hydrogen-bond acceptors (Lipinski definition) is 2. The highest BCUT2D eigenvalue weighted by Crippen LogP contribution is 2.28. The van der Waals surface area contributed by atoms with E-state index in [0.717, 1.165) is 15.8 Å². The highest BCUT2D eigenvalue weighted by atomic mass is 79.9. The van der Waals surface area contributed by atoms with E-state index in [4.69, 9.17) is 10.5 Å². The Morgan fingerprint density at radius 2 is 1.80 bits per heavy atom. The normalized spacial score (nSPS) is 13.3. The van der Waals surface area contributed by atoms with Crippen LogP contribution in [0.1, 0.15) is 28.7 Å². The van der Waals surface area contributed by atoms with E-state index in [1.165, 1.54) is 36.0 Å². The molecule has 0 radical (unpaired) electrons. The van der Waals surface area contributed by atoms with Crippen LogP contribution in [-0.2, 0) is 26.0 Å². The van der Waals surface area contributed by atoms with Crippen LogP contribution < -0.4 is 10.5 Å². The van der Waals surface area contributed by atoms with Crippen LogP contribution in [0.2, 0.25) is 0 Å². The summed E-state index contributed by atoms with van der Waals surface area (Å²) < 4.78 is 6.85. The molecule has 2 aromatic rings. The quantitative estimate of drug-likeness (QED) is 0.919. The van der Waals surface area contributed by atoms with Gasteiger partial charge in [0.2, 0.25) is 0 Å². The maximum absolute atomic E-state index is 5.89. The first-order valence-electron chi connectivity index (χ1n) is 6.98. The Morgan fingerprint density at radius 1 is 1.00 bits per heavy atom. The first kappa shape index (κ1) is 13.7. The van der Waals surface area contributed by atoms with Crippen LogP contribution in [0.4, 0.5) is 0 Å². The van der Waals surface area contributed by atoms with E-state index in [0.29, 0.717) is 13.2 Å². The van der Waals surface area contributed by atoms with Crippen LogP contribution in [0, 0.1) is 0 Å². The molecule has 2 nitrogen and oxygen atoms in total. The van der Waals surface area contributed by atoms with Crippen molar-refractivity contribution >= 4 is 15.9 Å². The van der Waals surface area contributed by atoms with Crippen LogP contribution >= 0.6 is 15.9 Å². The first-order chi connectivity index (χ1) is 9.76. The Kier molecular flexibility index (Phi) is 4.08. The van der Waals surface area contributed by atoms with Gasteiger partial charge in [-0.1, -0.05) is 24.3 Å². The second kappa shape index (κ2) is 5.98. The molecule has 104 valence electrons. The molecule has 0 saturated heterocycles. The lowest BCUT2D eigenvalue weighted by atomic mass is 10.1. The number of fused-ring (bicyclic) bond motifs is 1. The molecule has 3 rings (SSSR count). The van der Waals surface area contributed by atoms with Gasteiger partial charge < -0.3 is 10.5 Å². The molecule has 0 heterocycles. The van der Waals surface area contributed by atoms with Crippen molar-refractivity contribution in [2.24, 2.45) is 5.73 Å². The van der Waals surface area contributed by atoms with Gasteiger partial charge in [0.25, 0.3) is 0 Å². The van der Waals surface area contributed by atoms with Crippen LogP contribution in [0.25, 0.3) is 0 Å². The summed E-state index contributed by atoms with van der Waals surface area (Å²) in [4.78, 5) is 0. The smallest absolute Gasteiger partial charge is 0.134 e. The lowest BCUT2D eigenvalue weighted by Crippen LogP contribution is -1.99. The number of ether oxygens (including phenoxy) is 1. The Hall–Kier alpha value is -1.32. The Morgan fingerprint density at radius 3 is 2.60 bits per heavy atom. The second-order valence-corrected chi connectivity index (χ2v) is 6.07. The van der Waals surface area contributed by atoms with Gasteiger partial charge in [-0.05, 0) is 69.6 Å². The van der Waals surface area contributed by atoms with Crippen LogP contribution in [0.15, 0.2) is 40.9 Å². The monoisotopic (exact) mass is 331 g/mol. The molecule has 0 amide bonds. The molecule has 0 atom stereocenters. The molecule has 0 spiro atoms. The zero-order chi connectivity index (χ0) is 13.9. The van der Waals surface area contributed by atoms with E-state index in [2.05, 4.69) is 34.1 Å². The third-order valence-electron chi connectivity index (χ3n) is 3.79. The molecule has 0 fully saturated rings. The third kappa shape index (κ3) is 2.89. The summed E-state index contributed by atoms with van der Waals surface area (Å²) in [5.74, 6) is 0.864. The lowest BCUT2D eigenvalue weighted by molar-refractivity contribution is 0.304. The molecule has 0 saturated carbocycles. The molecule has 1 aliphatic rings. The van der Waals surface area contributed by atoms with Crippen molar-refractivity contribution in [3.8, 4) is 5.75 Å². The Labute approximate surface area is 128 Å². The standard InChI is InChI=1S/C17H18BrNO/c18-16-9-12(10-19)5-7-17(16)20-11-13-4-6-14-2-1-3-15(14)8-13/h4-9H,1-3,10-11,19H2. The molecular weight excluding hydrogens is 314 g/mol. The van der Waals surface area contributed by atoms with Crippen molar-refractivity contribution < 1.29 is 4.74 Å². The summed E-state index contributed by atoms with van der Waals surface area (Å²) in [7, 11) is 0. The van der Waals surface area contributed by atoms with Crippen LogP contribution in [0.3, 0.4) is 0 Å². The molecule has 0 bridgehead atoms. The topological polar surface area (TPSA) is 35.2 Å². The summed E-state index contributed by atoms with van der Waals surface area (Å²) in [5, 5.41) is 0. The highest BCUT2D eigenvalue weighted by molar-refractivity contribution is 9.10. The number of hydrogen-bond donors (Lipinski definition) is 1. The van der Waals surface area contributed by atoms with Gasteiger partial charge in [-0.25, -0.2) is 0 Å². The van der Waals surface area contributed by atoms with E-state index in [9.17, 15) is 0 Å². The van der Waals surface area contributed by atoms with Crippen LogP contribution in [-0.4, -0.2) is 0 Å². The van der Waals surface area contributed by atoms with Gasteiger partial charge >= 0.3 is 0 Å². The predicted octanol–water partition coefficient (Wildman–Crippen LogP) is 3.98. The van der Waals surface area contributed by atoms with Gasteiger partial charge in [-0.15, -0.1) is 0 Å². The molecule has 0 unspecified atom stereocenters. The molecule has 0 aromatic heterocycles. The number of aryl methyl sites for hydroxylation is 2. The zero-order valence-corrected chi connectivity index (χ0v) is 12.9. The molecule has 2 N–H and O–H groups in total. The van der Waals surface area contributed by atoms with Crippen molar-refractivity contribution in [2.45, 2.75) is 32.4 Å². The van der Waals surface area contributed by atoms with Gasteiger partial charge in [-0.3, -0.25) is 0 Å². The van der Waals surface area contributed by atoms with E-state index in [1.54, 1.807) is 0 Å². The number of nitrogens with two attached hydrogens (primary N) is 1. The molecule has 0 aliphatic heterocycles. The summed E-state index contributed by atoms with van der Waals surface area (Å²) in [6.45, 7) is 1.15. The zero-order valence-electron chi connectivity index (χ0n) is 11.4. The van der Waals surface area contributed by atoms with Crippen molar-refractivity contribution in [2.75, 3.05) is 0 Å². The lowest BCUT2D eigenvalue weighted by Gasteiger charge is -2.10. The summed E-state index contributed by atoms with van der Waals surface area (Å²) >= 11 is 3.53. The third-order valence-corrected chi connectivity index (χ3v) is 4.41. The fraction of sp³-hybridized carbons (Fsp3) is 0.294. The van der Waals surface area contributed by atoms with Gasteiger partial charge in [0.05, 0.1) is 4.47 Å². The largest absolute Gasteiger partial charge is 0.488 e. The van der Waals surface area contributed by atoms with Crippen molar-refractivity contribution in [3.63, 3.8) is 0 Å². The number of rotatable bonds is 4. The molecule has 1 aliphatic carbocycles. The Balaban J connectivity index is 1.70. The van der Waals surface area contributed by atoms with Crippen molar-refractivity contribution in [1.82, 2.24) is 0 Å². The average Bonchev–Trinajstić information content (AvgIpc) is 2.93. The number of halogens is 1. The van der Waals surface area contributed by atoms with Gasteiger partial charge in [0, 0.05) is 6.54 Å². The summed E-state index contributed by atoms with van der Waals surface area (Å²) in [5.41, 5.74) is 11.0. The second-order valence-electron chi connectivity index (χ2n) is 5.21. The van der Waals surface area contributed by atoms with E-state index < -0.39 is 0 Å². The van der Waals surface area contributed by atoms with Gasteiger partial charge in [0.1, 0.15) is 12.4 Å². The van der Waals surface area contributed by atoms with Crippen LogP contribution in [0.5, 0.6) is 5.75 Å². The summed E-state index contributed by atoms with van der Waals surface area (Å²) in [6, 6.07) is 12.7. The fourth-order valence-electron chi connectivity index (χ4n) is 2.66. The minimum atomic E-state index is 0.545. The first-order valence-corrected chi connectivity index (χ1v) is 7.77. The molecule has 3 heteroatoms. The minimum Gasteiger partial charge on any atom is -0.488 e. The van der Waals surface area contributed by atoms with E-state index in [1.807, 2.05) is 18.2 Å². The predicted molar refractivity (Wildman–Crippen MR) is 84.8 cm³/mol. The molecule has 2 aromatic carbocycles. The van der Waals surface area contributed by atoms with Crippen molar-refractivity contribution in [3.05, 3.63) is 63.1 Å². The maximum atomic E-state index is 5.89. The molecular formula is C17H18BrNO. The minimum absolute atomic E-state index is 0.545. The van der Waals surface area contributed by atoms with E-state index >= 15 is 0 Å². The molecule has 20 heavy (non-hydrogen) atoms. The van der Waals surface area contributed by atoms with E-state index in [-0.39, 0.29) is 0 Å². The van der Waals surface area contributed by atoms with Gasteiger partial charge in [0.15, 0.2) is 0 Å². The Bertz CT molecular complexity index is 624. The average molecular weight is 332 g/mol. The summed E-state index contributed by atoms with van der Waals surface area (Å²) in [6.07, 6.45) is 3.71. The SMILES string of the molecule is NCc1ccc(OCc2ccc3c(c2)CCC3)c(Br)c1. The highest BCUT2D eigenvalue weighted by Gasteiger charge is 2.11. The van der Waals surface area contributed by atoms with Gasteiger partial charge in [-0.2, -0.15) is 0 Å². The van der Waals surface area contributed by atoms with Crippen molar-refractivity contribution in [1.29, 1.82) is 0 Å². The fourth-order valence-corrected chi connectivity index (χ4v) is 3.21.